The van der Waals surface area contributed by atoms with Gasteiger partial charge < -0.3 is 5.32 Å². The van der Waals surface area contributed by atoms with Crippen LogP contribution in [0.2, 0.25) is 0 Å². The molecule has 1 aliphatic heterocycles. The molecule has 92 valence electrons. The van der Waals surface area contributed by atoms with Crippen molar-refractivity contribution in [3.05, 3.63) is 0 Å². The number of amides is 2. The van der Waals surface area contributed by atoms with E-state index < -0.39 is 0 Å². The largest absolute Gasteiger partial charge is 0.338 e. The number of nitrogens with one attached hydrogen (secondary N) is 2. The molecular weight excluding hydrogens is 206 g/mol. The lowest BCUT2D eigenvalue weighted by Crippen LogP contribution is -2.43. The molecule has 1 atom stereocenters. The fraction of sp³-hybridized carbons (Fsp3) is 0.909. The van der Waals surface area contributed by atoms with Crippen LogP contribution in [-0.2, 0) is 4.84 Å². The molecule has 0 aromatic heterocycles. The normalized spacial score (nSPS) is 27.2. The average Bonchev–Trinajstić information content (AvgIpc) is 2.86. The smallest absolute Gasteiger partial charge is 0.332 e. The van der Waals surface area contributed by atoms with E-state index in [4.69, 9.17) is 0 Å². The highest BCUT2D eigenvalue weighted by atomic mass is 16.6. The zero-order valence-electron chi connectivity index (χ0n) is 9.87. The number of likely N-dealkylation sites (tertiary alicyclic amines) is 1. The lowest BCUT2D eigenvalue weighted by atomic mass is 10.2. The van der Waals surface area contributed by atoms with E-state index in [0.717, 1.165) is 25.6 Å². The second-order valence-corrected chi connectivity index (χ2v) is 4.70. The fourth-order valence-electron chi connectivity index (χ4n) is 2.81. The van der Waals surface area contributed by atoms with Crippen LogP contribution in [0.5, 0.6) is 0 Å². The molecule has 16 heavy (non-hydrogen) atoms. The van der Waals surface area contributed by atoms with Crippen LogP contribution in [0.1, 0.15) is 32.1 Å². The Hall–Kier alpha value is -0.810. The summed E-state index contributed by atoms with van der Waals surface area (Å²) in [6, 6.07) is 0.800. The third kappa shape index (κ3) is 2.86. The lowest BCUT2D eigenvalue weighted by molar-refractivity contribution is 0.106. The minimum Gasteiger partial charge on any atom is -0.332 e. The molecule has 1 saturated carbocycles. The molecule has 2 N–H and O–H groups in total. The van der Waals surface area contributed by atoms with Crippen LogP contribution >= 0.6 is 0 Å². The van der Waals surface area contributed by atoms with Gasteiger partial charge >= 0.3 is 6.03 Å². The second-order valence-electron chi connectivity index (χ2n) is 4.70. The predicted molar refractivity (Wildman–Crippen MR) is 60.9 cm³/mol. The molecule has 2 aliphatic rings. The van der Waals surface area contributed by atoms with E-state index in [0.29, 0.717) is 0 Å². The van der Waals surface area contributed by atoms with Gasteiger partial charge in [0.1, 0.15) is 0 Å². The summed E-state index contributed by atoms with van der Waals surface area (Å²) in [7, 11) is 1.44. The highest BCUT2D eigenvalue weighted by Gasteiger charge is 2.30. The molecule has 0 radical (unpaired) electrons. The van der Waals surface area contributed by atoms with Gasteiger partial charge in [-0.1, -0.05) is 12.8 Å². The van der Waals surface area contributed by atoms with Crippen molar-refractivity contribution in [3.8, 4) is 0 Å². The Morgan fingerprint density at radius 2 is 2.06 bits per heavy atom. The van der Waals surface area contributed by atoms with Crippen LogP contribution in [0, 0.1) is 0 Å². The zero-order valence-corrected chi connectivity index (χ0v) is 9.87. The zero-order chi connectivity index (χ0) is 11.4. The second kappa shape index (κ2) is 5.50. The van der Waals surface area contributed by atoms with Crippen LogP contribution in [0.25, 0.3) is 0 Å². The fourth-order valence-corrected chi connectivity index (χ4v) is 2.81. The Kier molecular flexibility index (Phi) is 4.01. The van der Waals surface area contributed by atoms with E-state index >= 15 is 0 Å². The van der Waals surface area contributed by atoms with Crippen molar-refractivity contribution in [2.75, 3.05) is 20.2 Å². The summed E-state index contributed by atoms with van der Waals surface area (Å²) in [6.07, 6.45) is 6.44. The van der Waals surface area contributed by atoms with Gasteiger partial charge in [0.25, 0.3) is 0 Å². The van der Waals surface area contributed by atoms with Crippen molar-refractivity contribution in [3.63, 3.8) is 0 Å². The third-order valence-corrected chi connectivity index (χ3v) is 3.59. The maximum Gasteiger partial charge on any atom is 0.338 e. The number of carbonyl (C=O) groups is 1. The molecule has 1 saturated heterocycles. The Bertz CT molecular complexity index is 241. The van der Waals surface area contributed by atoms with E-state index in [-0.39, 0.29) is 12.1 Å². The summed E-state index contributed by atoms with van der Waals surface area (Å²) in [5.74, 6) is 0. The van der Waals surface area contributed by atoms with Gasteiger partial charge in [-0.2, -0.15) is 0 Å². The van der Waals surface area contributed by atoms with E-state index in [9.17, 15) is 4.79 Å². The lowest BCUT2D eigenvalue weighted by Gasteiger charge is -2.23. The first kappa shape index (κ1) is 11.7. The van der Waals surface area contributed by atoms with Crippen LogP contribution in [0.15, 0.2) is 0 Å². The number of carbonyl (C=O) groups excluding carboxylic acids is 1. The quantitative estimate of drug-likeness (QED) is 0.703. The van der Waals surface area contributed by atoms with Crippen LogP contribution in [0.3, 0.4) is 0 Å². The molecular formula is C11H21N3O2. The first-order chi connectivity index (χ1) is 7.79. The van der Waals surface area contributed by atoms with Gasteiger partial charge in [0, 0.05) is 25.2 Å². The van der Waals surface area contributed by atoms with E-state index in [2.05, 4.69) is 20.5 Å². The van der Waals surface area contributed by atoms with Crippen molar-refractivity contribution < 1.29 is 9.63 Å². The molecule has 1 aliphatic carbocycles. The van der Waals surface area contributed by atoms with E-state index in [1.807, 2.05) is 0 Å². The van der Waals surface area contributed by atoms with Gasteiger partial charge in [-0.15, -0.1) is 0 Å². The summed E-state index contributed by atoms with van der Waals surface area (Å²) in [5, 5.41) is 2.92. The minimum atomic E-state index is -0.235. The number of hydroxylamine groups is 1. The first-order valence-corrected chi connectivity index (χ1v) is 6.13. The Labute approximate surface area is 96.5 Å². The third-order valence-electron chi connectivity index (χ3n) is 3.59. The van der Waals surface area contributed by atoms with Crippen molar-refractivity contribution in [1.29, 1.82) is 0 Å². The van der Waals surface area contributed by atoms with Crippen molar-refractivity contribution in [2.24, 2.45) is 0 Å². The number of nitrogens with zero attached hydrogens (tertiary/aromatic N) is 1. The molecule has 0 unspecified atom stereocenters. The highest BCUT2D eigenvalue weighted by molar-refractivity contribution is 5.73. The van der Waals surface area contributed by atoms with Gasteiger partial charge in [0.15, 0.2) is 0 Å². The number of rotatable bonds is 3. The predicted octanol–water partition coefficient (Wildman–Crippen LogP) is 0.864. The maximum atomic E-state index is 11.3. The summed E-state index contributed by atoms with van der Waals surface area (Å²) in [6.45, 7) is 2.10. The van der Waals surface area contributed by atoms with Gasteiger partial charge in [-0.3, -0.25) is 9.74 Å². The van der Waals surface area contributed by atoms with Gasteiger partial charge in [-0.25, -0.2) is 10.3 Å². The van der Waals surface area contributed by atoms with Gasteiger partial charge in [0.05, 0.1) is 7.11 Å². The monoisotopic (exact) mass is 227 g/mol. The van der Waals surface area contributed by atoms with Crippen LogP contribution in [-0.4, -0.2) is 43.2 Å². The van der Waals surface area contributed by atoms with Crippen molar-refractivity contribution >= 4 is 6.03 Å². The number of hydrogen-bond donors (Lipinski definition) is 2. The molecule has 2 fully saturated rings. The molecule has 2 amide bonds. The molecule has 0 bridgehead atoms. The van der Waals surface area contributed by atoms with Crippen LogP contribution in [0.4, 0.5) is 4.79 Å². The average molecular weight is 227 g/mol. The van der Waals surface area contributed by atoms with Gasteiger partial charge in [0.2, 0.25) is 0 Å². The number of hydrogen-bond acceptors (Lipinski definition) is 3. The Balaban J connectivity index is 1.72. The summed E-state index contributed by atoms with van der Waals surface area (Å²) in [4.78, 5) is 18.3. The standard InChI is InChI=1S/C11H21N3O2/c1-16-13-11(15)12-9-6-7-14(8-9)10-4-2-3-5-10/h9-10H,2-8H2,1H3,(H2,12,13,15)/t9-/m0/s1. The van der Waals surface area contributed by atoms with E-state index in [1.54, 1.807) is 0 Å². The molecule has 5 heteroatoms. The summed E-state index contributed by atoms with van der Waals surface area (Å²) < 4.78 is 0. The molecule has 0 aromatic rings. The first-order valence-electron chi connectivity index (χ1n) is 6.13. The Morgan fingerprint density at radius 1 is 1.31 bits per heavy atom. The summed E-state index contributed by atoms with van der Waals surface area (Å²) in [5.41, 5.74) is 2.29. The SMILES string of the molecule is CONC(=O)N[C@H]1CCN(C2CCCC2)C1. The topological polar surface area (TPSA) is 53.6 Å². The van der Waals surface area contributed by atoms with Crippen molar-refractivity contribution in [2.45, 2.75) is 44.2 Å². The molecule has 0 spiro atoms. The summed E-state index contributed by atoms with van der Waals surface area (Å²) >= 11 is 0. The highest BCUT2D eigenvalue weighted by Crippen LogP contribution is 2.26. The molecule has 0 aromatic carbocycles. The van der Waals surface area contributed by atoms with Crippen molar-refractivity contribution in [1.82, 2.24) is 15.7 Å². The minimum absolute atomic E-state index is 0.235. The van der Waals surface area contributed by atoms with Crippen LogP contribution < -0.4 is 10.8 Å². The van der Waals surface area contributed by atoms with Gasteiger partial charge in [-0.05, 0) is 19.3 Å². The molecule has 5 nitrogen and oxygen atoms in total. The maximum absolute atomic E-state index is 11.3. The molecule has 1 heterocycles. The van der Waals surface area contributed by atoms with E-state index in [1.165, 1.54) is 32.8 Å². The molecule has 2 rings (SSSR count). The number of urea groups is 1. The Morgan fingerprint density at radius 3 is 2.75 bits per heavy atom.